The number of aromatic nitrogens is 1. The van der Waals surface area contributed by atoms with Crippen LogP contribution in [0.3, 0.4) is 0 Å². The Bertz CT molecular complexity index is 719. The predicted octanol–water partition coefficient (Wildman–Crippen LogP) is 4.83. The monoisotopic (exact) mass is 337 g/mol. The molecule has 4 nitrogen and oxygen atoms in total. The van der Waals surface area contributed by atoms with Crippen LogP contribution in [0.4, 0.5) is 30.4 Å². The number of carbonyl (C=O) groups is 1. The first-order valence-corrected chi connectivity index (χ1v) is 7.27. The number of hydrogen-bond acceptors (Lipinski definition) is 3. The van der Waals surface area contributed by atoms with Gasteiger partial charge < -0.3 is 10.6 Å². The van der Waals surface area contributed by atoms with Crippen molar-refractivity contribution in [2.24, 2.45) is 5.41 Å². The smallest absolute Gasteiger partial charge is 0.354 e. The van der Waals surface area contributed by atoms with Crippen molar-refractivity contribution >= 4 is 23.1 Å². The van der Waals surface area contributed by atoms with Gasteiger partial charge in [0.05, 0.1) is 17.4 Å². The molecule has 0 spiro atoms. The van der Waals surface area contributed by atoms with Crippen molar-refractivity contribution in [1.82, 2.24) is 4.98 Å². The lowest BCUT2D eigenvalue weighted by Crippen LogP contribution is -2.27. The van der Waals surface area contributed by atoms with Crippen LogP contribution in [-0.4, -0.2) is 10.9 Å². The summed E-state index contributed by atoms with van der Waals surface area (Å²) in [5, 5.41) is 5.53. The van der Waals surface area contributed by atoms with Gasteiger partial charge in [-0.1, -0.05) is 26.8 Å². The minimum Gasteiger partial charge on any atom is -0.354 e. The third-order valence-corrected chi connectivity index (χ3v) is 3.16. The average Bonchev–Trinajstić information content (AvgIpc) is 2.48. The molecule has 1 aromatic heterocycles. The summed E-state index contributed by atoms with van der Waals surface area (Å²) < 4.78 is 38.1. The number of carbonyl (C=O) groups excluding carboxylic acids is 1. The molecule has 0 aliphatic heterocycles. The quantitative estimate of drug-likeness (QED) is 0.843. The van der Waals surface area contributed by atoms with E-state index in [-0.39, 0.29) is 5.91 Å². The highest BCUT2D eigenvalue weighted by Gasteiger charge is 2.30. The lowest BCUT2D eigenvalue weighted by atomic mass is 9.96. The second kappa shape index (κ2) is 6.51. The Morgan fingerprint density at radius 3 is 2.29 bits per heavy atom. The predicted molar refractivity (Wildman–Crippen MR) is 87.0 cm³/mol. The molecule has 2 rings (SSSR count). The number of anilines is 3. The van der Waals surface area contributed by atoms with Gasteiger partial charge >= 0.3 is 6.18 Å². The molecule has 0 aliphatic carbocycles. The molecule has 1 amide bonds. The first-order valence-electron chi connectivity index (χ1n) is 7.27. The molecule has 2 aromatic rings. The standard InChI is InChI=1S/C17H18F3N3O/c1-16(2,3)15(24)23-14-8-7-13(10-21-14)22-12-6-4-5-11(9-12)17(18,19)20/h4-10,22H,1-3H3,(H,21,23,24). The van der Waals surface area contributed by atoms with E-state index in [1.54, 1.807) is 32.9 Å². The molecule has 128 valence electrons. The number of nitrogens with one attached hydrogen (secondary N) is 2. The maximum Gasteiger partial charge on any atom is 0.416 e. The summed E-state index contributed by atoms with van der Waals surface area (Å²) in [5.41, 5.74) is -0.452. The van der Waals surface area contributed by atoms with Crippen LogP contribution in [-0.2, 0) is 11.0 Å². The van der Waals surface area contributed by atoms with Gasteiger partial charge in [0.25, 0.3) is 0 Å². The normalized spacial score (nSPS) is 11.9. The van der Waals surface area contributed by atoms with Gasteiger partial charge in [-0.3, -0.25) is 4.79 Å². The van der Waals surface area contributed by atoms with E-state index >= 15 is 0 Å². The van der Waals surface area contributed by atoms with E-state index in [1.807, 2.05) is 0 Å². The molecule has 24 heavy (non-hydrogen) atoms. The van der Waals surface area contributed by atoms with Crippen LogP contribution in [0.5, 0.6) is 0 Å². The van der Waals surface area contributed by atoms with E-state index in [4.69, 9.17) is 0 Å². The number of amides is 1. The van der Waals surface area contributed by atoms with Crippen molar-refractivity contribution in [3.05, 3.63) is 48.2 Å². The van der Waals surface area contributed by atoms with Gasteiger partial charge in [-0.2, -0.15) is 13.2 Å². The zero-order valence-electron chi connectivity index (χ0n) is 13.5. The maximum absolute atomic E-state index is 12.7. The summed E-state index contributed by atoms with van der Waals surface area (Å²) in [6, 6.07) is 8.11. The van der Waals surface area contributed by atoms with Gasteiger partial charge in [0.15, 0.2) is 0 Å². The molecule has 0 atom stereocenters. The molecule has 0 aliphatic rings. The largest absolute Gasteiger partial charge is 0.416 e. The van der Waals surface area contributed by atoms with Crippen molar-refractivity contribution in [1.29, 1.82) is 0 Å². The van der Waals surface area contributed by atoms with Crippen molar-refractivity contribution in [3.63, 3.8) is 0 Å². The number of pyridine rings is 1. The molecule has 0 fully saturated rings. The van der Waals surface area contributed by atoms with Crippen LogP contribution in [0.1, 0.15) is 26.3 Å². The van der Waals surface area contributed by atoms with E-state index in [1.165, 1.54) is 18.3 Å². The van der Waals surface area contributed by atoms with Gasteiger partial charge in [-0.05, 0) is 30.3 Å². The van der Waals surface area contributed by atoms with Crippen LogP contribution in [0.25, 0.3) is 0 Å². The van der Waals surface area contributed by atoms with Crippen LogP contribution in [0.15, 0.2) is 42.6 Å². The second-order valence-corrected chi connectivity index (χ2v) is 6.34. The molecule has 2 N–H and O–H groups in total. The lowest BCUT2D eigenvalue weighted by molar-refractivity contribution is -0.137. The van der Waals surface area contributed by atoms with Gasteiger partial charge in [0, 0.05) is 11.1 Å². The minimum atomic E-state index is -4.39. The summed E-state index contributed by atoms with van der Waals surface area (Å²) >= 11 is 0. The molecular formula is C17H18F3N3O. The number of alkyl halides is 3. The number of nitrogens with zero attached hydrogens (tertiary/aromatic N) is 1. The SMILES string of the molecule is CC(C)(C)C(=O)Nc1ccc(Nc2cccc(C(F)(F)F)c2)cn1. The maximum atomic E-state index is 12.7. The van der Waals surface area contributed by atoms with Crippen LogP contribution in [0, 0.1) is 5.41 Å². The van der Waals surface area contributed by atoms with E-state index in [0.717, 1.165) is 12.1 Å². The average molecular weight is 337 g/mol. The molecule has 0 radical (unpaired) electrons. The molecule has 1 heterocycles. The highest BCUT2D eigenvalue weighted by Crippen LogP contribution is 2.31. The van der Waals surface area contributed by atoms with Crippen molar-refractivity contribution in [2.75, 3.05) is 10.6 Å². The zero-order valence-corrected chi connectivity index (χ0v) is 13.5. The fourth-order valence-electron chi connectivity index (χ4n) is 1.79. The third-order valence-electron chi connectivity index (χ3n) is 3.16. The minimum absolute atomic E-state index is 0.173. The Kier molecular flexibility index (Phi) is 4.82. The summed E-state index contributed by atoms with van der Waals surface area (Å²) in [4.78, 5) is 16.0. The van der Waals surface area contributed by atoms with Crippen molar-refractivity contribution < 1.29 is 18.0 Å². The summed E-state index contributed by atoms with van der Waals surface area (Å²) in [6.07, 6.45) is -2.95. The Morgan fingerprint density at radius 1 is 1.04 bits per heavy atom. The first-order chi connectivity index (χ1) is 11.1. The number of halogens is 3. The molecule has 0 bridgehead atoms. The second-order valence-electron chi connectivity index (χ2n) is 6.34. The Hall–Kier alpha value is -2.57. The molecule has 7 heteroatoms. The van der Waals surface area contributed by atoms with E-state index < -0.39 is 17.2 Å². The lowest BCUT2D eigenvalue weighted by Gasteiger charge is -2.17. The van der Waals surface area contributed by atoms with Crippen LogP contribution >= 0.6 is 0 Å². The molecule has 0 saturated carbocycles. The van der Waals surface area contributed by atoms with Crippen LogP contribution in [0.2, 0.25) is 0 Å². The van der Waals surface area contributed by atoms with Gasteiger partial charge in [-0.15, -0.1) is 0 Å². The highest BCUT2D eigenvalue weighted by atomic mass is 19.4. The van der Waals surface area contributed by atoms with Crippen LogP contribution < -0.4 is 10.6 Å². The summed E-state index contributed by atoms with van der Waals surface area (Å²) in [5.74, 6) is 0.207. The number of hydrogen-bond donors (Lipinski definition) is 2. The van der Waals surface area contributed by atoms with E-state index in [9.17, 15) is 18.0 Å². The Morgan fingerprint density at radius 2 is 1.75 bits per heavy atom. The fraction of sp³-hybridized carbons (Fsp3) is 0.294. The first kappa shape index (κ1) is 17.8. The number of rotatable bonds is 3. The van der Waals surface area contributed by atoms with Gasteiger partial charge in [-0.25, -0.2) is 4.98 Å². The highest BCUT2D eigenvalue weighted by molar-refractivity contribution is 5.93. The topological polar surface area (TPSA) is 54.0 Å². The molecule has 0 unspecified atom stereocenters. The zero-order chi connectivity index (χ0) is 18.0. The van der Waals surface area contributed by atoms with E-state index in [0.29, 0.717) is 17.2 Å². The molecule has 0 saturated heterocycles. The summed E-state index contributed by atoms with van der Waals surface area (Å²) in [6.45, 7) is 5.35. The molecule has 1 aromatic carbocycles. The van der Waals surface area contributed by atoms with E-state index in [2.05, 4.69) is 15.6 Å². The number of benzene rings is 1. The van der Waals surface area contributed by atoms with Crippen molar-refractivity contribution in [2.45, 2.75) is 26.9 Å². The molecular weight excluding hydrogens is 319 g/mol. The Labute approximate surface area is 138 Å². The summed E-state index contributed by atoms with van der Waals surface area (Å²) in [7, 11) is 0. The third kappa shape index (κ3) is 4.71. The van der Waals surface area contributed by atoms with Gasteiger partial charge in [0.1, 0.15) is 5.82 Å². The van der Waals surface area contributed by atoms with Gasteiger partial charge in [0.2, 0.25) is 5.91 Å². The Balaban J connectivity index is 2.08. The van der Waals surface area contributed by atoms with Crippen molar-refractivity contribution in [3.8, 4) is 0 Å². The fourth-order valence-corrected chi connectivity index (χ4v) is 1.79.